The van der Waals surface area contributed by atoms with Crippen molar-refractivity contribution in [3.63, 3.8) is 0 Å². The third-order valence-electron chi connectivity index (χ3n) is 4.22. The molecule has 0 radical (unpaired) electrons. The topological polar surface area (TPSA) is 80.9 Å². The molecule has 1 aliphatic rings. The Hall–Kier alpha value is -2.67. The second-order valence-electron chi connectivity index (χ2n) is 5.76. The van der Waals surface area contributed by atoms with Gasteiger partial charge in [0.05, 0.1) is 29.3 Å². The maximum Gasteiger partial charge on any atom is 0.257 e. The fraction of sp³-hybridized carbons (Fsp3) is 0.312. The number of nitrogens with one attached hydrogen (secondary N) is 2. The predicted octanol–water partition coefficient (Wildman–Crippen LogP) is 1.24. The van der Waals surface area contributed by atoms with Crippen molar-refractivity contribution in [1.29, 1.82) is 0 Å². The average Bonchev–Trinajstić information content (AvgIpc) is 3.24. The van der Waals surface area contributed by atoms with Crippen LogP contribution in [0.4, 0.5) is 0 Å². The minimum Gasteiger partial charge on any atom is -0.341 e. The molecule has 2 N–H and O–H groups in total. The van der Waals surface area contributed by atoms with Crippen LogP contribution >= 0.6 is 0 Å². The van der Waals surface area contributed by atoms with Crippen LogP contribution in [0.5, 0.6) is 0 Å². The third-order valence-corrected chi connectivity index (χ3v) is 4.22. The largest absolute Gasteiger partial charge is 0.341 e. The first-order chi connectivity index (χ1) is 11.3. The highest BCUT2D eigenvalue weighted by atomic mass is 16.2. The number of carbonyl (C=O) groups is 1. The SMILES string of the molecule is O=C(c1cn[nH]c1)N1CCN(Cc2nc3ccccc3[nH]2)CC1. The van der Waals surface area contributed by atoms with E-state index in [2.05, 4.69) is 25.1 Å². The number of H-pyrrole nitrogens is 2. The van der Waals surface area contributed by atoms with Gasteiger partial charge in [-0.25, -0.2) is 4.98 Å². The van der Waals surface area contributed by atoms with E-state index < -0.39 is 0 Å². The number of imidazole rings is 1. The number of hydrogen-bond donors (Lipinski definition) is 2. The van der Waals surface area contributed by atoms with Crippen molar-refractivity contribution < 1.29 is 4.79 Å². The van der Waals surface area contributed by atoms with E-state index >= 15 is 0 Å². The summed E-state index contributed by atoms with van der Waals surface area (Å²) in [7, 11) is 0. The average molecular weight is 310 g/mol. The Morgan fingerprint density at radius 1 is 1.17 bits per heavy atom. The van der Waals surface area contributed by atoms with Crippen LogP contribution in [-0.2, 0) is 6.54 Å². The summed E-state index contributed by atoms with van der Waals surface area (Å²) in [5, 5.41) is 6.52. The standard InChI is InChI=1S/C16H18N6O/c23-16(12-9-17-18-10-12)22-7-5-21(6-8-22)11-15-19-13-3-1-2-4-14(13)20-15/h1-4,9-10H,5-8,11H2,(H,17,18)(H,19,20). The second kappa shape index (κ2) is 5.85. The van der Waals surface area contributed by atoms with E-state index in [4.69, 9.17) is 0 Å². The smallest absolute Gasteiger partial charge is 0.257 e. The molecule has 1 aromatic carbocycles. The lowest BCUT2D eigenvalue weighted by molar-refractivity contribution is 0.0626. The summed E-state index contributed by atoms with van der Waals surface area (Å²) in [6, 6.07) is 8.04. The van der Waals surface area contributed by atoms with Crippen LogP contribution in [0.15, 0.2) is 36.7 Å². The van der Waals surface area contributed by atoms with Gasteiger partial charge >= 0.3 is 0 Å². The van der Waals surface area contributed by atoms with Crippen molar-refractivity contribution in [2.24, 2.45) is 0 Å². The van der Waals surface area contributed by atoms with Crippen LogP contribution in [0.2, 0.25) is 0 Å². The van der Waals surface area contributed by atoms with Gasteiger partial charge in [0, 0.05) is 32.4 Å². The number of aromatic amines is 2. The van der Waals surface area contributed by atoms with Gasteiger partial charge in [0.2, 0.25) is 0 Å². The molecule has 0 atom stereocenters. The Morgan fingerprint density at radius 2 is 2.00 bits per heavy atom. The van der Waals surface area contributed by atoms with Crippen LogP contribution < -0.4 is 0 Å². The first kappa shape index (κ1) is 14.0. The van der Waals surface area contributed by atoms with Gasteiger partial charge in [0.15, 0.2) is 0 Å². The lowest BCUT2D eigenvalue weighted by atomic mass is 10.2. The van der Waals surface area contributed by atoms with Crippen molar-refractivity contribution in [3.05, 3.63) is 48.0 Å². The molecule has 3 aromatic rings. The van der Waals surface area contributed by atoms with Crippen LogP contribution in [0.3, 0.4) is 0 Å². The van der Waals surface area contributed by atoms with Crippen LogP contribution in [-0.4, -0.2) is 62.1 Å². The zero-order valence-corrected chi connectivity index (χ0v) is 12.7. The van der Waals surface area contributed by atoms with Crippen molar-refractivity contribution in [2.45, 2.75) is 6.54 Å². The molecule has 7 heteroatoms. The summed E-state index contributed by atoms with van der Waals surface area (Å²) in [6.07, 6.45) is 3.21. The number of nitrogens with zero attached hydrogens (tertiary/aromatic N) is 4. The van der Waals surface area contributed by atoms with Crippen LogP contribution in [0, 0.1) is 0 Å². The zero-order chi connectivity index (χ0) is 15.6. The monoisotopic (exact) mass is 310 g/mol. The fourth-order valence-corrected chi connectivity index (χ4v) is 2.95. The van der Waals surface area contributed by atoms with Crippen molar-refractivity contribution in [3.8, 4) is 0 Å². The molecule has 1 amide bonds. The van der Waals surface area contributed by atoms with Gasteiger partial charge in [-0.2, -0.15) is 5.10 Å². The quantitative estimate of drug-likeness (QED) is 0.763. The number of amides is 1. The number of carbonyl (C=O) groups excluding carboxylic acids is 1. The van der Waals surface area contributed by atoms with Gasteiger partial charge in [-0.1, -0.05) is 12.1 Å². The molecule has 1 aliphatic heterocycles. The Labute approximate surface area is 133 Å². The van der Waals surface area contributed by atoms with Crippen molar-refractivity contribution in [2.75, 3.05) is 26.2 Å². The minimum atomic E-state index is 0.0436. The number of benzene rings is 1. The molecular weight excluding hydrogens is 292 g/mol. The van der Waals surface area contributed by atoms with E-state index in [0.717, 1.165) is 49.6 Å². The minimum absolute atomic E-state index is 0.0436. The zero-order valence-electron chi connectivity index (χ0n) is 12.7. The number of hydrogen-bond acceptors (Lipinski definition) is 4. The first-order valence-corrected chi connectivity index (χ1v) is 7.73. The van der Waals surface area contributed by atoms with Gasteiger partial charge in [-0.05, 0) is 12.1 Å². The van der Waals surface area contributed by atoms with Gasteiger partial charge in [-0.15, -0.1) is 0 Å². The maximum atomic E-state index is 12.3. The highest BCUT2D eigenvalue weighted by Crippen LogP contribution is 2.13. The molecule has 1 saturated heterocycles. The summed E-state index contributed by atoms with van der Waals surface area (Å²) < 4.78 is 0. The van der Waals surface area contributed by atoms with E-state index in [-0.39, 0.29) is 5.91 Å². The molecule has 1 fully saturated rings. The molecule has 0 bridgehead atoms. The van der Waals surface area contributed by atoms with Gasteiger partial charge in [0.25, 0.3) is 5.91 Å². The maximum absolute atomic E-state index is 12.3. The summed E-state index contributed by atoms with van der Waals surface area (Å²) in [4.78, 5) is 24.4. The van der Waals surface area contributed by atoms with E-state index in [0.29, 0.717) is 5.56 Å². The third kappa shape index (κ3) is 2.83. The Kier molecular flexibility index (Phi) is 3.55. The van der Waals surface area contributed by atoms with Crippen molar-refractivity contribution >= 4 is 16.9 Å². The van der Waals surface area contributed by atoms with Gasteiger partial charge < -0.3 is 9.88 Å². The van der Waals surface area contributed by atoms with E-state index in [1.54, 1.807) is 12.4 Å². The Morgan fingerprint density at radius 3 is 2.74 bits per heavy atom. The summed E-state index contributed by atoms with van der Waals surface area (Å²) in [5.41, 5.74) is 2.68. The number of rotatable bonds is 3. The predicted molar refractivity (Wildman–Crippen MR) is 85.9 cm³/mol. The van der Waals surface area contributed by atoms with E-state index in [1.807, 2.05) is 29.2 Å². The van der Waals surface area contributed by atoms with E-state index in [9.17, 15) is 4.79 Å². The number of piperazine rings is 1. The summed E-state index contributed by atoms with van der Waals surface area (Å²) in [6.45, 7) is 3.93. The number of fused-ring (bicyclic) bond motifs is 1. The van der Waals surface area contributed by atoms with Crippen LogP contribution in [0.25, 0.3) is 11.0 Å². The molecule has 0 spiro atoms. The van der Waals surface area contributed by atoms with Gasteiger partial charge in [-0.3, -0.25) is 14.8 Å². The lowest BCUT2D eigenvalue weighted by Gasteiger charge is -2.34. The van der Waals surface area contributed by atoms with Crippen LogP contribution in [0.1, 0.15) is 16.2 Å². The first-order valence-electron chi connectivity index (χ1n) is 7.73. The molecule has 7 nitrogen and oxygen atoms in total. The molecule has 2 aromatic heterocycles. The lowest BCUT2D eigenvalue weighted by Crippen LogP contribution is -2.48. The second-order valence-corrected chi connectivity index (χ2v) is 5.76. The Balaban J connectivity index is 1.37. The summed E-state index contributed by atoms with van der Waals surface area (Å²) in [5.74, 6) is 1.02. The number of para-hydroxylation sites is 2. The molecule has 4 rings (SSSR count). The molecule has 0 unspecified atom stereocenters. The molecular formula is C16H18N6O. The highest BCUT2D eigenvalue weighted by molar-refractivity contribution is 5.93. The summed E-state index contributed by atoms with van der Waals surface area (Å²) >= 11 is 0. The normalized spacial score (nSPS) is 16.1. The molecule has 0 aliphatic carbocycles. The fourth-order valence-electron chi connectivity index (χ4n) is 2.95. The van der Waals surface area contributed by atoms with Gasteiger partial charge in [0.1, 0.15) is 5.82 Å². The number of aromatic nitrogens is 4. The highest BCUT2D eigenvalue weighted by Gasteiger charge is 2.23. The van der Waals surface area contributed by atoms with E-state index in [1.165, 1.54) is 0 Å². The Bertz CT molecular complexity index is 768. The van der Waals surface area contributed by atoms with Crippen molar-refractivity contribution in [1.82, 2.24) is 30.0 Å². The molecule has 23 heavy (non-hydrogen) atoms. The molecule has 0 saturated carbocycles. The molecule has 3 heterocycles. The molecule has 118 valence electrons.